The zero-order chi connectivity index (χ0) is 22.8. The van der Waals surface area contributed by atoms with Crippen molar-refractivity contribution in [3.8, 4) is 22.4 Å². The van der Waals surface area contributed by atoms with Crippen LogP contribution in [0.15, 0.2) is 47.4 Å². The first-order valence-electron chi connectivity index (χ1n) is 10.4. The highest BCUT2D eigenvalue weighted by molar-refractivity contribution is 7.99. The molecule has 33 heavy (non-hydrogen) atoms. The number of amides is 1. The number of ether oxygens (including phenoxy) is 3. The Hall–Kier alpha value is -3.24. The molecule has 1 aliphatic rings. The maximum absolute atomic E-state index is 12.6. The van der Waals surface area contributed by atoms with Gasteiger partial charge in [0.25, 0.3) is 0 Å². The van der Waals surface area contributed by atoms with Gasteiger partial charge in [-0.2, -0.15) is 9.78 Å². The molecule has 0 radical (unpaired) electrons. The number of carbonyl (C=O) groups excluding carboxylic acids is 1. The molecule has 1 aliphatic heterocycles. The topological polar surface area (TPSA) is 87.5 Å². The number of nitrogens with one attached hydrogen (secondary N) is 1. The van der Waals surface area contributed by atoms with Gasteiger partial charge in [0.2, 0.25) is 17.8 Å². The Morgan fingerprint density at radius 1 is 1.21 bits per heavy atom. The second-order valence-electron chi connectivity index (χ2n) is 7.43. The van der Waals surface area contributed by atoms with Crippen molar-refractivity contribution in [1.82, 2.24) is 14.8 Å². The molecule has 2 aromatic carbocycles. The van der Waals surface area contributed by atoms with Crippen molar-refractivity contribution in [2.75, 3.05) is 25.0 Å². The number of aryl methyl sites for hydroxylation is 1. The van der Waals surface area contributed by atoms with Gasteiger partial charge in [-0.15, -0.1) is 11.8 Å². The van der Waals surface area contributed by atoms with Crippen LogP contribution in [-0.4, -0.2) is 40.3 Å². The van der Waals surface area contributed by atoms with Crippen LogP contribution in [0.25, 0.3) is 15.3 Å². The number of benzene rings is 2. The average molecular weight is 483 g/mol. The Kier molecular flexibility index (Phi) is 6.10. The van der Waals surface area contributed by atoms with Crippen molar-refractivity contribution in [1.29, 1.82) is 0 Å². The van der Waals surface area contributed by atoms with Gasteiger partial charge in [0.15, 0.2) is 11.5 Å². The van der Waals surface area contributed by atoms with E-state index in [1.54, 1.807) is 23.6 Å². The van der Waals surface area contributed by atoms with Crippen LogP contribution in [0.1, 0.15) is 18.5 Å². The second kappa shape index (κ2) is 9.32. The molecular formula is C23H22N4O4S2. The van der Waals surface area contributed by atoms with Gasteiger partial charge in [0.05, 0.1) is 23.0 Å². The number of carbonyl (C=O) groups is 1. The summed E-state index contributed by atoms with van der Waals surface area (Å²) < 4.78 is 18.7. The average Bonchev–Trinajstić information content (AvgIpc) is 3.53. The first-order chi connectivity index (χ1) is 16.1. The number of thiazole rings is 1. The SMILES string of the molecule is COc1ccc(SCCCC(=O)Nc2cc(C)nn2-c2nc3cc4c(cc3s2)OCO4)cc1. The zero-order valence-corrected chi connectivity index (χ0v) is 19.8. The molecule has 1 N–H and O–H groups in total. The lowest BCUT2D eigenvalue weighted by molar-refractivity contribution is -0.116. The van der Waals surface area contributed by atoms with Crippen LogP contribution in [-0.2, 0) is 4.79 Å². The smallest absolute Gasteiger partial charge is 0.231 e. The number of hydrogen-bond acceptors (Lipinski definition) is 8. The molecule has 0 atom stereocenters. The van der Waals surface area contributed by atoms with E-state index in [0.717, 1.165) is 44.5 Å². The lowest BCUT2D eigenvalue weighted by Gasteiger charge is -2.07. The fraction of sp³-hybridized carbons (Fsp3) is 0.261. The Balaban J connectivity index is 1.21. The molecular weight excluding hydrogens is 460 g/mol. The maximum atomic E-state index is 12.6. The third-order valence-corrected chi connectivity index (χ3v) is 7.12. The van der Waals surface area contributed by atoms with Crippen LogP contribution in [0, 0.1) is 6.92 Å². The molecule has 5 rings (SSSR count). The van der Waals surface area contributed by atoms with Crippen molar-refractivity contribution >= 4 is 45.0 Å². The van der Waals surface area contributed by atoms with Crippen molar-refractivity contribution in [2.45, 2.75) is 24.7 Å². The van der Waals surface area contributed by atoms with Crippen LogP contribution >= 0.6 is 23.1 Å². The minimum Gasteiger partial charge on any atom is -0.497 e. The first kappa shape index (κ1) is 21.6. The fourth-order valence-corrected chi connectivity index (χ4v) is 5.23. The highest BCUT2D eigenvalue weighted by Crippen LogP contribution is 2.39. The van der Waals surface area contributed by atoms with Gasteiger partial charge in [0.1, 0.15) is 11.6 Å². The summed E-state index contributed by atoms with van der Waals surface area (Å²) in [5.41, 5.74) is 1.61. The molecule has 0 saturated heterocycles. The highest BCUT2D eigenvalue weighted by atomic mass is 32.2. The normalized spacial score (nSPS) is 12.3. The van der Waals surface area contributed by atoms with E-state index in [0.29, 0.717) is 23.1 Å². The van der Waals surface area contributed by atoms with Gasteiger partial charge in [-0.3, -0.25) is 4.79 Å². The first-order valence-corrected chi connectivity index (χ1v) is 12.2. The standard InChI is InChI=1S/C23H22N4O4S2/c1-14-10-21(25-22(28)4-3-9-32-16-7-5-15(29-2)6-8-16)27(26-14)23-24-17-11-18-19(31-13-30-18)12-20(17)33-23/h5-8,10-12H,3-4,9,13H2,1-2H3,(H,25,28). The minimum atomic E-state index is -0.0478. The van der Waals surface area contributed by atoms with Crippen molar-refractivity contribution in [3.63, 3.8) is 0 Å². The summed E-state index contributed by atoms with van der Waals surface area (Å²) >= 11 is 3.20. The number of nitrogens with zero attached hydrogens (tertiary/aromatic N) is 3. The summed E-state index contributed by atoms with van der Waals surface area (Å²) in [6, 6.07) is 13.6. The van der Waals surface area contributed by atoms with Crippen LogP contribution in [0.4, 0.5) is 5.82 Å². The van der Waals surface area contributed by atoms with Gasteiger partial charge >= 0.3 is 0 Å². The third-order valence-electron chi connectivity index (χ3n) is 5.03. The molecule has 0 aliphatic carbocycles. The number of aromatic nitrogens is 3. The van der Waals surface area contributed by atoms with E-state index in [1.165, 1.54) is 11.3 Å². The number of thioether (sulfide) groups is 1. The second-order valence-corrected chi connectivity index (χ2v) is 9.61. The Morgan fingerprint density at radius 2 is 2.00 bits per heavy atom. The molecule has 2 aromatic heterocycles. The lowest BCUT2D eigenvalue weighted by atomic mass is 10.3. The molecule has 10 heteroatoms. The predicted octanol–water partition coefficient (Wildman–Crippen LogP) is 5.04. The molecule has 0 spiro atoms. The van der Waals surface area contributed by atoms with Crippen molar-refractivity contribution < 1.29 is 19.0 Å². The number of anilines is 1. The third kappa shape index (κ3) is 4.76. The van der Waals surface area contributed by atoms with Gasteiger partial charge in [-0.25, -0.2) is 4.98 Å². The lowest BCUT2D eigenvalue weighted by Crippen LogP contribution is -2.14. The molecule has 1 amide bonds. The molecule has 0 bridgehead atoms. The molecule has 3 heterocycles. The summed E-state index contributed by atoms with van der Waals surface area (Å²) in [5.74, 6) is 3.66. The Bertz CT molecular complexity index is 1260. The van der Waals surface area contributed by atoms with Crippen LogP contribution < -0.4 is 19.5 Å². The van der Waals surface area contributed by atoms with E-state index >= 15 is 0 Å². The molecule has 4 aromatic rings. The van der Waals surface area contributed by atoms with Gasteiger partial charge in [-0.05, 0) is 43.4 Å². The van der Waals surface area contributed by atoms with E-state index in [1.807, 2.05) is 49.4 Å². The predicted molar refractivity (Wildman–Crippen MR) is 129 cm³/mol. The molecule has 170 valence electrons. The van der Waals surface area contributed by atoms with Crippen LogP contribution in [0.2, 0.25) is 0 Å². The summed E-state index contributed by atoms with van der Waals surface area (Å²) in [6.07, 6.45) is 1.19. The van der Waals surface area contributed by atoms with Crippen molar-refractivity contribution in [3.05, 3.63) is 48.2 Å². The van der Waals surface area contributed by atoms with E-state index in [-0.39, 0.29) is 12.7 Å². The monoisotopic (exact) mass is 482 g/mol. The van der Waals surface area contributed by atoms with Crippen molar-refractivity contribution in [2.24, 2.45) is 0 Å². The highest BCUT2D eigenvalue weighted by Gasteiger charge is 2.19. The fourth-order valence-electron chi connectivity index (χ4n) is 3.43. The molecule has 0 saturated carbocycles. The molecule has 0 fully saturated rings. The Labute approximate surface area is 198 Å². The summed E-state index contributed by atoms with van der Waals surface area (Å²) in [5, 5.41) is 8.19. The Morgan fingerprint density at radius 3 is 2.79 bits per heavy atom. The quantitative estimate of drug-likeness (QED) is 0.278. The van der Waals surface area contributed by atoms with Gasteiger partial charge < -0.3 is 19.5 Å². The number of rotatable bonds is 8. The van der Waals surface area contributed by atoms with E-state index in [9.17, 15) is 4.79 Å². The molecule has 8 nitrogen and oxygen atoms in total. The summed E-state index contributed by atoms with van der Waals surface area (Å²) in [6.45, 7) is 2.12. The number of methoxy groups -OCH3 is 1. The summed E-state index contributed by atoms with van der Waals surface area (Å²) in [4.78, 5) is 18.4. The van der Waals surface area contributed by atoms with E-state index < -0.39 is 0 Å². The van der Waals surface area contributed by atoms with Gasteiger partial charge in [0, 0.05) is 29.5 Å². The minimum absolute atomic E-state index is 0.0478. The molecule has 0 unspecified atom stereocenters. The number of fused-ring (bicyclic) bond motifs is 2. The summed E-state index contributed by atoms with van der Waals surface area (Å²) in [7, 11) is 1.65. The van der Waals surface area contributed by atoms with Crippen LogP contribution in [0.3, 0.4) is 0 Å². The van der Waals surface area contributed by atoms with Crippen LogP contribution in [0.5, 0.6) is 17.2 Å². The van der Waals surface area contributed by atoms with E-state index in [4.69, 9.17) is 14.2 Å². The van der Waals surface area contributed by atoms with E-state index in [2.05, 4.69) is 15.4 Å². The number of hydrogen-bond donors (Lipinski definition) is 1. The maximum Gasteiger partial charge on any atom is 0.231 e. The largest absolute Gasteiger partial charge is 0.497 e. The zero-order valence-electron chi connectivity index (χ0n) is 18.2. The van der Waals surface area contributed by atoms with Gasteiger partial charge in [-0.1, -0.05) is 11.3 Å².